The van der Waals surface area contributed by atoms with Crippen LogP contribution in [0.4, 0.5) is 5.13 Å². The van der Waals surface area contributed by atoms with E-state index in [1.807, 2.05) is 25.1 Å². The first kappa shape index (κ1) is 12.5. The zero-order chi connectivity index (χ0) is 13.2. The number of nitrogens with zero attached hydrogens (tertiary/aromatic N) is 1. The van der Waals surface area contributed by atoms with E-state index < -0.39 is 0 Å². The summed E-state index contributed by atoms with van der Waals surface area (Å²) in [6.45, 7) is 3.79. The van der Waals surface area contributed by atoms with Crippen molar-refractivity contribution < 1.29 is 9.53 Å². The van der Waals surface area contributed by atoms with Crippen LogP contribution in [0.15, 0.2) is 18.2 Å². The smallest absolute Gasteiger partial charge is 0.245 e. The minimum atomic E-state index is -0.290. The maximum Gasteiger partial charge on any atom is 0.245 e. The summed E-state index contributed by atoms with van der Waals surface area (Å²) < 4.78 is 6.36. The fraction of sp³-hybridized carbons (Fsp3) is 0.385. The Hall–Kier alpha value is -1.50. The molecular weight excluding hydrogens is 262 g/mol. The monoisotopic (exact) mass is 277 g/mol. The Kier molecular flexibility index (Phi) is 3.46. The zero-order valence-corrected chi connectivity index (χ0v) is 11.4. The molecule has 1 unspecified atom stereocenters. The second-order valence-corrected chi connectivity index (χ2v) is 5.54. The van der Waals surface area contributed by atoms with Gasteiger partial charge in [-0.15, -0.1) is 0 Å². The van der Waals surface area contributed by atoms with Crippen LogP contribution in [-0.2, 0) is 9.53 Å². The van der Waals surface area contributed by atoms with Gasteiger partial charge < -0.3 is 15.4 Å². The van der Waals surface area contributed by atoms with Crippen LogP contribution in [0.5, 0.6) is 0 Å². The molecule has 1 aliphatic heterocycles. The van der Waals surface area contributed by atoms with Gasteiger partial charge in [-0.3, -0.25) is 4.79 Å². The van der Waals surface area contributed by atoms with Gasteiger partial charge in [0, 0.05) is 6.54 Å². The molecule has 1 fully saturated rings. The number of benzene rings is 1. The Balaban J connectivity index is 1.77. The van der Waals surface area contributed by atoms with Crippen LogP contribution in [0, 0.1) is 6.92 Å². The number of anilines is 1. The van der Waals surface area contributed by atoms with Gasteiger partial charge in [0.15, 0.2) is 5.13 Å². The van der Waals surface area contributed by atoms with Crippen LogP contribution in [0.25, 0.3) is 10.2 Å². The third-order valence-corrected chi connectivity index (χ3v) is 4.03. The molecule has 0 bridgehead atoms. The van der Waals surface area contributed by atoms with Crippen molar-refractivity contribution in [3.63, 3.8) is 0 Å². The normalized spacial score (nSPS) is 19.5. The van der Waals surface area contributed by atoms with E-state index in [0.717, 1.165) is 15.8 Å². The lowest BCUT2D eigenvalue weighted by Gasteiger charge is -2.22. The van der Waals surface area contributed by atoms with Gasteiger partial charge >= 0.3 is 0 Å². The predicted molar refractivity (Wildman–Crippen MR) is 75.6 cm³/mol. The average molecular weight is 277 g/mol. The molecule has 0 aliphatic carbocycles. The number of aryl methyl sites for hydroxylation is 1. The lowest BCUT2D eigenvalue weighted by molar-refractivity contribution is -0.120. The summed E-state index contributed by atoms with van der Waals surface area (Å²) in [5.41, 5.74) is 2.07. The molecular formula is C13H15N3O2S. The Morgan fingerprint density at radius 1 is 1.58 bits per heavy atom. The van der Waals surface area contributed by atoms with E-state index >= 15 is 0 Å². The van der Waals surface area contributed by atoms with Gasteiger partial charge in [0.05, 0.1) is 23.4 Å². The van der Waals surface area contributed by atoms with Gasteiger partial charge in [-0.1, -0.05) is 23.5 Å². The highest BCUT2D eigenvalue weighted by Gasteiger charge is 2.22. The molecule has 3 rings (SSSR count). The van der Waals surface area contributed by atoms with E-state index in [1.165, 1.54) is 11.3 Å². The Morgan fingerprint density at radius 3 is 3.21 bits per heavy atom. The second kappa shape index (κ2) is 5.24. The van der Waals surface area contributed by atoms with Gasteiger partial charge in [-0.05, 0) is 18.6 Å². The molecule has 19 heavy (non-hydrogen) atoms. The van der Waals surface area contributed by atoms with Gasteiger partial charge in [-0.25, -0.2) is 4.98 Å². The van der Waals surface area contributed by atoms with Crippen LogP contribution in [-0.4, -0.2) is 36.7 Å². The molecule has 1 aromatic heterocycles. The van der Waals surface area contributed by atoms with Gasteiger partial charge in [0.1, 0.15) is 6.04 Å². The van der Waals surface area contributed by atoms with Crippen molar-refractivity contribution >= 4 is 32.6 Å². The van der Waals surface area contributed by atoms with Crippen LogP contribution >= 0.6 is 11.3 Å². The summed E-state index contributed by atoms with van der Waals surface area (Å²) in [6, 6.07) is 5.74. The molecule has 1 aromatic carbocycles. The number of para-hydroxylation sites is 1. The van der Waals surface area contributed by atoms with Crippen molar-refractivity contribution in [3.8, 4) is 0 Å². The van der Waals surface area contributed by atoms with E-state index in [1.54, 1.807) is 0 Å². The summed E-state index contributed by atoms with van der Waals surface area (Å²) >= 11 is 1.49. The van der Waals surface area contributed by atoms with E-state index in [0.29, 0.717) is 24.9 Å². The Bertz CT molecular complexity index is 605. The Labute approximate surface area is 115 Å². The average Bonchev–Trinajstić information content (AvgIpc) is 2.84. The van der Waals surface area contributed by atoms with Gasteiger partial charge in [0.2, 0.25) is 5.91 Å². The second-order valence-electron chi connectivity index (χ2n) is 4.51. The number of rotatable bonds is 2. The minimum Gasteiger partial charge on any atom is -0.378 e. The predicted octanol–water partition coefficient (Wildman–Crippen LogP) is 1.53. The molecule has 2 N–H and O–H groups in total. The third-order valence-electron chi connectivity index (χ3n) is 3.09. The molecule has 1 atom stereocenters. The van der Waals surface area contributed by atoms with Crippen LogP contribution in [0.3, 0.4) is 0 Å². The van der Waals surface area contributed by atoms with E-state index in [9.17, 15) is 4.79 Å². The first-order valence-electron chi connectivity index (χ1n) is 6.22. The number of hydrogen-bond acceptors (Lipinski definition) is 5. The highest BCUT2D eigenvalue weighted by Crippen LogP contribution is 2.27. The first-order valence-corrected chi connectivity index (χ1v) is 7.04. The summed E-state index contributed by atoms with van der Waals surface area (Å²) in [5, 5.41) is 6.62. The molecule has 2 heterocycles. The summed E-state index contributed by atoms with van der Waals surface area (Å²) in [7, 11) is 0. The van der Waals surface area contributed by atoms with Crippen LogP contribution in [0.1, 0.15) is 5.56 Å². The van der Waals surface area contributed by atoms with Crippen molar-refractivity contribution in [3.05, 3.63) is 23.8 Å². The number of aromatic nitrogens is 1. The lowest BCUT2D eigenvalue weighted by Crippen LogP contribution is -2.48. The van der Waals surface area contributed by atoms with E-state index in [4.69, 9.17) is 4.74 Å². The topological polar surface area (TPSA) is 63.2 Å². The summed E-state index contributed by atoms with van der Waals surface area (Å²) in [4.78, 5) is 16.5. The maximum absolute atomic E-state index is 12.0. The quantitative estimate of drug-likeness (QED) is 0.874. The Morgan fingerprint density at radius 2 is 2.47 bits per heavy atom. The molecule has 0 radical (unpaired) electrons. The standard InChI is InChI=1S/C13H15N3O2S/c1-8-3-2-4-10-11(8)15-13(19-10)16-12(17)9-7-18-6-5-14-9/h2-4,9,14H,5-7H2,1H3,(H,15,16,17). The van der Waals surface area contributed by atoms with Gasteiger partial charge in [-0.2, -0.15) is 0 Å². The number of fused-ring (bicyclic) bond motifs is 1. The largest absolute Gasteiger partial charge is 0.378 e. The van der Waals surface area contributed by atoms with Crippen molar-refractivity contribution in [2.24, 2.45) is 0 Å². The number of carbonyl (C=O) groups is 1. The molecule has 1 amide bonds. The molecule has 1 aliphatic rings. The number of thiazole rings is 1. The number of morpholine rings is 1. The molecule has 2 aromatic rings. The van der Waals surface area contributed by atoms with Gasteiger partial charge in [0.25, 0.3) is 0 Å². The van der Waals surface area contributed by atoms with Crippen molar-refractivity contribution in [2.45, 2.75) is 13.0 Å². The molecule has 1 saturated heterocycles. The minimum absolute atomic E-state index is 0.0867. The highest BCUT2D eigenvalue weighted by atomic mass is 32.1. The highest BCUT2D eigenvalue weighted by molar-refractivity contribution is 7.22. The first-order chi connectivity index (χ1) is 9.24. The SMILES string of the molecule is Cc1cccc2sc(NC(=O)C3COCCN3)nc12. The fourth-order valence-electron chi connectivity index (χ4n) is 2.07. The summed E-state index contributed by atoms with van der Waals surface area (Å²) in [5.74, 6) is -0.0867. The van der Waals surface area contributed by atoms with Crippen LogP contribution in [0.2, 0.25) is 0 Å². The van der Waals surface area contributed by atoms with Crippen molar-refractivity contribution in [1.29, 1.82) is 0 Å². The number of ether oxygens (including phenoxy) is 1. The number of amides is 1. The molecule has 5 nitrogen and oxygen atoms in total. The number of carbonyl (C=O) groups excluding carboxylic acids is 1. The molecule has 100 valence electrons. The fourth-order valence-corrected chi connectivity index (χ4v) is 3.01. The molecule has 6 heteroatoms. The number of hydrogen-bond donors (Lipinski definition) is 2. The number of nitrogens with one attached hydrogen (secondary N) is 2. The summed E-state index contributed by atoms with van der Waals surface area (Å²) in [6.07, 6.45) is 0. The van der Waals surface area contributed by atoms with Crippen molar-refractivity contribution in [2.75, 3.05) is 25.1 Å². The van der Waals surface area contributed by atoms with Crippen molar-refractivity contribution in [1.82, 2.24) is 10.3 Å². The maximum atomic E-state index is 12.0. The van der Waals surface area contributed by atoms with E-state index in [2.05, 4.69) is 15.6 Å². The van der Waals surface area contributed by atoms with Crippen LogP contribution < -0.4 is 10.6 Å². The molecule has 0 saturated carbocycles. The van der Waals surface area contributed by atoms with E-state index in [-0.39, 0.29) is 11.9 Å². The zero-order valence-electron chi connectivity index (χ0n) is 10.6. The lowest BCUT2D eigenvalue weighted by atomic mass is 10.2. The third kappa shape index (κ3) is 2.60. The molecule has 0 spiro atoms.